The lowest BCUT2D eigenvalue weighted by atomic mass is 9.72. The van der Waals surface area contributed by atoms with Gasteiger partial charge in [0.05, 0.1) is 11.4 Å². The van der Waals surface area contributed by atoms with Gasteiger partial charge in [0.15, 0.2) is 0 Å². The van der Waals surface area contributed by atoms with Gasteiger partial charge in [-0.25, -0.2) is 4.39 Å². The van der Waals surface area contributed by atoms with E-state index in [4.69, 9.17) is 4.74 Å². The van der Waals surface area contributed by atoms with E-state index in [1.165, 1.54) is 12.1 Å². The number of ether oxygens (including phenoxy) is 1. The van der Waals surface area contributed by atoms with E-state index in [-0.39, 0.29) is 11.8 Å². The molecule has 0 unspecified atom stereocenters. The Labute approximate surface area is 127 Å². The number of carbonyl (C=O) groups excluding carboxylic acids is 2. The number of rotatable bonds is 1. The van der Waals surface area contributed by atoms with Crippen LogP contribution in [-0.4, -0.2) is 30.1 Å². The third-order valence-corrected chi connectivity index (χ3v) is 4.90. The van der Waals surface area contributed by atoms with Crippen LogP contribution in [0.5, 0.6) is 0 Å². The van der Waals surface area contributed by atoms with E-state index in [1.807, 2.05) is 0 Å². The van der Waals surface area contributed by atoms with Crippen molar-refractivity contribution in [2.75, 3.05) is 16.8 Å². The third kappa shape index (κ3) is 1.80. The average molecular weight is 304 g/mol. The molecular weight excluding hydrogens is 287 g/mol. The van der Waals surface area contributed by atoms with Crippen LogP contribution in [-0.2, 0) is 14.3 Å². The van der Waals surface area contributed by atoms with Crippen LogP contribution in [0.25, 0.3) is 0 Å². The van der Waals surface area contributed by atoms with E-state index >= 15 is 0 Å². The lowest BCUT2D eigenvalue weighted by molar-refractivity contribution is -0.135. The van der Waals surface area contributed by atoms with Gasteiger partial charge in [-0.05, 0) is 50.3 Å². The quantitative estimate of drug-likeness (QED) is 0.865. The Morgan fingerprint density at radius 3 is 2.82 bits per heavy atom. The van der Waals surface area contributed by atoms with Crippen LogP contribution < -0.4 is 10.2 Å². The van der Waals surface area contributed by atoms with Gasteiger partial charge in [-0.3, -0.25) is 14.5 Å². The molecule has 1 spiro atoms. The lowest BCUT2D eigenvalue weighted by Crippen LogP contribution is -2.67. The number of carbonyl (C=O) groups is 2. The highest BCUT2D eigenvalue weighted by atomic mass is 19.1. The van der Waals surface area contributed by atoms with Crippen LogP contribution in [0.4, 0.5) is 15.8 Å². The molecule has 1 aromatic carbocycles. The van der Waals surface area contributed by atoms with Crippen LogP contribution in [0, 0.1) is 5.82 Å². The van der Waals surface area contributed by atoms with Crippen molar-refractivity contribution in [1.29, 1.82) is 0 Å². The number of nitrogens with zero attached hydrogens (tertiary/aromatic N) is 1. The van der Waals surface area contributed by atoms with Crippen LogP contribution in [0.2, 0.25) is 0 Å². The number of benzene rings is 1. The number of halogens is 1. The van der Waals surface area contributed by atoms with Gasteiger partial charge < -0.3 is 10.1 Å². The van der Waals surface area contributed by atoms with Crippen molar-refractivity contribution in [2.24, 2.45) is 0 Å². The van der Waals surface area contributed by atoms with Crippen LogP contribution in [0.1, 0.15) is 32.1 Å². The Morgan fingerprint density at radius 1 is 1.36 bits per heavy atom. The standard InChI is InChI=1S/C16H17FN2O3/c17-10-4-5-12-11(9-10)18-15(21)16(6-2-7-16)19(12)14(20)13-3-1-8-22-13/h4-5,9,13H,1-3,6-8H2,(H,18,21)/t13-/m1/s1. The van der Waals surface area contributed by atoms with Crippen LogP contribution >= 0.6 is 0 Å². The normalized spacial score (nSPS) is 25.6. The zero-order chi connectivity index (χ0) is 15.3. The van der Waals surface area contributed by atoms with Crippen molar-refractivity contribution in [2.45, 2.75) is 43.7 Å². The monoisotopic (exact) mass is 304 g/mol. The molecule has 6 heteroatoms. The second kappa shape index (κ2) is 4.78. The summed E-state index contributed by atoms with van der Waals surface area (Å²) < 4.78 is 19.0. The van der Waals surface area contributed by atoms with Gasteiger partial charge in [0, 0.05) is 6.61 Å². The second-order valence-electron chi connectivity index (χ2n) is 6.18. The first-order chi connectivity index (χ1) is 10.6. The zero-order valence-electron chi connectivity index (χ0n) is 12.1. The zero-order valence-corrected chi connectivity index (χ0v) is 12.1. The van der Waals surface area contributed by atoms with E-state index in [0.717, 1.165) is 12.8 Å². The van der Waals surface area contributed by atoms with Gasteiger partial charge >= 0.3 is 0 Å². The molecule has 2 fully saturated rings. The molecule has 1 saturated heterocycles. The molecule has 1 aliphatic carbocycles. The molecular formula is C16H17FN2O3. The van der Waals surface area contributed by atoms with Gasteiger partial charge in [0.2, 0.25) is 0 Å². The van der Waals surface area contributed by atoms with Crippen molar-refractivity contribution in [1.82, 2.24) is 0 Å². The molecule has 1 N–H and O–H groups in total. The maximum Gasteiger partial charge on any atom is 0.257 e. The summed E-state index contributed by atoms with van der Waals surface area (Å²) >= 11 is 0. The van der Waals surface area contributed by atoms with E-state index in [9.17, 15) is 14.0 Å². The fourth-order valence-corrected chi connectivity index (χ4v) is 3.58. The first-order valence-electron chi connectivity index (χ1n) is 7.68. The van der Waals surface area contributed by atoms with Gasteiger partial charge in [0.1, 0.15) is 17.5 Å². The summed E-state index contributed by atoms with van der Waals surface area (Å²) in [7, 11) is 0. The summed E-state index contributed by atoms with van der Waals surface area (Å²) in [4.78, 5) is 27.0. The Hall–Kier alpha value is -1.95. The molecule has 1 aromatic rings. The minimum absolute atomic E-state index is 0.181. The van der Waals surface area contributed by atoms with Crippen molar-refractivity contribution in [3.05, 3.63) is 24.0 Å². The molecule has 2 amide bonds. The van der Waals surface area contributed by atoms with Crippen molar-refractivity contribution >= 4 is 23.2 Å². The fraction of sp³-hybridized carbons (Fsp3) is 0.500. The smallest absolute Gasteiger partial charge is 0.257 e. The maximum absolute atomic E-state index is 13.5. The number of hydrogen-bond acceptors (Lipinski definition) is 3. The lowest BCUT2D eigenvalue weighted by Gasteiger charge is -2.52. The van der Waals surface area contributed by atoms with Gasteiger partial charge in [0.25, 0.3) is 11.8 Å². The summed E-state index contributed by atoms with van der Waals surface area (Å²) in [5, 5.41) is 2.76. The SMILES string of the molecule is O=C([C@H]1CCCO1)N1c2ccc(F)cc2NC(=O)C12CCC2. The predicted molar refractivity (Wildman–Crippen MR) is 78.1 cm³/mol. The molecule has 2 aliphatic heterocycles. The molecule has 0 radical (unpaired) electrons. The molecule has 0 aromatic heterocycles. The molecule has 4 rings (SSSR count). The summed E-state index contributed by atoms with van der Waals surface area (Å²) in [6.07, 6.45) is 3.19. The second-order valence-corrected chi connectivity index (χ2v) is 6.18. The topological polar surface area (TPSA) is 58.6 Å². The van der Waals surface area contributed by atoms with Gasteiger partial charge in [-0.2, -0.15) is 0 Å². The third-order valence-electron chi connectivity index (χ3n) is 4.90. The summed E-state index contributed by atoms with van der Waals surface area (Å²) in [5.41, 5.74) is 0.100. The molecule has 5 nitrogen and oxygen atoms in total. The Bertz CT molecular complexity index is 651. The highest BCUT2D eigenvalue weighted by Crippen LogP contribution is 2.47. The molecule has 2 heterocycles. The first kappa shape index (κ1) is 13.7. The van der Waals surface area contributed by atoms with E-state index in [2.05, 4.69) is 5.32 Å². The largest absolute Gasteiger partial charge is 0.368 e. The first-order valence-corrected chi connectivity index (χ1v) is 7.68. The molecule has 3 aliphatic rings. The van der Waals surface area contributed by atoms with Gasteiger partial charge in [-0.15, -0.1) is 0 Å². The number of fused-ring (bicyclic) bond motifs is 1. The van der Waals surface area contributed by atoms with E-state index < -0.39 is 17.5 Å². The molecule has 1 atom stereocenters. The highest BCUT2D eigenvalue weighted by molar-refractivity contribution is 6.15. The van der Waals surface area contributed by atoms with Crippen molar-refractivity contribution in [3.8, 4) is 0 Å². The molecule has 0 bridgehead atoms. The Kier molecular flexibility index (Phi) is 2.97. The van der Waals surface area contributed by atoms with Crippen LogP contribution in [0.3, 0.4) is 0 Å². The number of hydrogen-bond donors (Lipinski definition) is 1. The minimum atomic E-state index is -0.826. The molecule has 1 saturated carbocycles. The van der Waals surface area contributed by atoms with Gasteiger partial charge in [-0.1, -0.05) is 0 Å². The number of nitrogens with one attached hydrogen (secondary N) is 1. The number of amides is 2. The molecule has 116 valence electrons. The fourth-order valence-electron chi connectivity index (χ4n) is 3.58. The summed E-state index contributed by atoms with van der Waals surface area (Å²) in [5.74, 6) is -0.837. The average Bonchev–Trinajstić information content (AvgIpc) is 2.97. The maximum atomic E-state index is 13.5. The van der Waals surface area contributed by atoms with Crippen LogP contribution in [0.15, 0.2) is 18.2 Å². The highest BCUT2D eigenvalue weighted by Gasteiger charge is 2.55. The summed E-state index contributed by atoms with van der Waals surface area (Å²) in [6, 6.07) is 4.14. The summed E-state index contributed by atoms with van der Waals surface area (Å²) in [6.45, 7) is 0.569. The van der Waals surface area contributed by atoms with E-state index in [0.29, 0.717) is 37.2 Å². The number of anilines is 2. The minimum Gasteiger partial charge on any atom is -0.368 e. The Balaban J connectivity index is 1.80. The Morgan fingerprint density at radius 2 is 2.18 bits per heavy atom. The molecule has 22 heavy (non-hydrogen) atoms. The predicted octanol–water partition coefficient (Wildman–Crippen LogP) is 2.21. The van der Waals surface area contributed by atoms with Crippen molar-refractivity contribution in [3.63, 3.8) is 0 Å². The van der Waals surface area contributed by atoms with E-state index in [1.54, 1.807) is 11.0 Å². The van der Waals surface area contributed by atoms with Crippen molar-refractivity contribution < 1.29 is 18.7 Å².